The van der Waals surface area contributed by atoms with Gasteiger partial charge in [-0.15, -0.1) is 0 Å². The number of imidazole rings is 1. The van der Waals surface area contributed by atoms with Crippen molar-refractivity contribution in [1.82, 2.24) is 9.97 Å². The standard InChI is InChI=1S/C13H17N3O/c1-2-9(7-8-12(14)17)13-15-10-5-3-4-6-11(10)16-13/h3-6,9H,2,7-8H2,1H3,(H2,14,17)(H,15,16)/t9-/m1/s1. The minimum Gasteiger partial charge on any atom is -0.370 e. The topological polar surface area (TPSA) is 71.8 Å². The summed E-state index contributed by atoms with van der Waals surface area (Å²) in [6.45, 7) is 2.10. The van der Waals surface area contributed by atoms with E-state index in [0.29, 0.717) is 6.42 Å². The van der Waals surface area contributed by atoms with Gasteiger partial charge in [0.05, 0.1) is 11.0 Å². The third kappa shape index (κ3) is 2.64. The number of amides is 1. The van der Waals surface area contributed by atoms with Gasteiger partial charge in [0.15, 0.2) is 0 Å². The van der Waals surface area contributed by atoms with Crippen molar-refractivity contribution >= 4 is 16.9 Å². The SMILES string of the molecule is CC[C@H](CCC(N)=O)c1nc2ccccc2[nH]1. The fraction of sp³-hybridized carbons (Fsp3) is 0.385. The molecule has 4 nitrogen and oxygen atoms in total. The molecule has 1 amide bonds. The molecule has 4 heteroatoms. The number of rotatable bonds is 5. The van der Waals surface area contributed by atoms with E-state index in [1.54, 1.807) is 0 Å². The molecule has 17 heavy (non-hydrogen) atoms. The van der Waals surface area contributed by atoms with Gasteiger partial charge in [0.1, 0.15) is 5.82 Å². The molecule has 0 fully saturated rings. The van der Waals surface area contributed by atoms with E-state index < -0.39 is 0 Å². The van der Waals surface area contributed by atoms with Gasteiger partial charge in [-0.3, -0.25) is 4.79 Å². The van der Waals surface area contributed by atoms with Gasteiger partial charge in [0, 0.05) is 12.3 Å². The van der Waals surface area contributed by atoms with Gasteiger partial charge in [-0.25, -0.2) is 4.98 Å². The average Bonchev–Trinajstić information content (AvgIpc) is 2.72. The van der Waals surface area contributed by atoms with Crippen LogP contribution in [0.25, 0.3) is 11.0 Å². The number of nitrogens with zero attached hydrogens (tertiary/aromatic N) is 1. The first-order valence-corrected chi connectivity index (χ1v) is 5.93. The van der Waals surface area contributed by atoms with Crippen molar-refractivity contribution < 1.29 is 4.79 Å². The molecular weight excluding hydrogens is 214 g/mol. The highest BCUT2D eigenvalue weighted by atomic mass is 16.1. The molecule has 0 unspecified atom stereocenters. The number of carbonyl (C=O) groups excluding carboxylic acids is 1. The molecular formula is C13H17N3O. The summed E-state index contributed by atoms with van der Waals surface area (Å²) < 4.78 is 0. The van der Waals surface area contributed by atoms with Crippen LogP contribution in [0, 0.1) is 0 Å². The number of H-pyrrole nitrogens is 1. The Morgan fingerprint density at radius 1 is 1.47 bits per heavy atom. The summed E-state index contributed by atoms with van der Waals surface area (Å²) in [5, 5.41) is 0. The molecule has 0 spiro atoms. The second-order valence-corrected chi connectivity index (χ2v) is 4.25. The Balaban J connectivity index is 2.21. The van der Waals surface area contributed by atoms with Crippen LogP contribution in [-0.2, 0) is 4.79 Å². The number of nitrogens with two attached hydrogens (primary N) is 1. The van der Waals surface area contributed by atoms with E-state index in [-0.39, 0.29) is 11.8 Å². The number of para-hydroxylation sites is 2. The maximum absolute atomic E-state index is 10.8. The summed E-state index contributed by atoms with van der Waals surface area (Å²) in [5.74, 6) is 0.976. The van der Waals surface area contributed by atoms with E-state index in [1.165, 1.54) is 0 Å². The smallest absolute Gasteiger partial charge is 0.217 e. The lowest BCUT2D eigenvalue weighted by atomic mass is 9.99. The van der Waals surface area contributed by atoms with Crippen molar-refractivity contribution in [2.45, 2.75) is 32.1 Å². The molecule has 0 bridgehead atoms. The van der Waals surface area contributed by atoms with Gasteiger partial charge < -0.3 is 10.7 Å². The highest BCUT2D eigenvalue weighted by molar-refractivity contribution is 5.75. The fourth-order valence-corrected chi connectivity index (χ4v) is 2.02. The van der Waals surface area contributed by atoms with Crippen molar-refractivity contribution in [3.63, 3.8) is 0 Å². The summed E-state index contributed by atoms with van der Waals surface area (Å²) in [5.41, 5.74) is 7.19. The van der Waals surface area contributed by atoms with Crippen molar-refractivity contribution in [3.05, 3.63) is 30.1 Å². The first-order chi connectivity index (χ1) is 8.20. The fourth-order valence-electron chi connectivity index (χ4n) is 2.02. The monoisotopic (exact) mass is 231 g/mol. The number of hydrogen-bond donors (Lipinski definition) is 2. The van der Waals surface area contributed by atoms with Crippen molar-refractivity contribution in [3.8, 4) is 0 Å². The van der Waals surface area contributed by atoms with Gasteiger partial charge in [-0.2, -0.15) is 0 Å². The lowest BCUT2D eigenvalue weighted by molar-refractivity contribution is -0.118. The minimum absolute atomic E-state index is 0.250. The van der Waals surface area contributed by atoms with E-state index in [9.17, 15) is 4.79 Å². The molecule has 0 aliphatic heterocycles. The molecule has 0 saturated carbocycles. The van der Waals surface area contributed by atoms with Crippen LogP contribution in [0.15, 0.2) is 24.3 Å². The molecule has 1 aromatic heterocycles. The molecule has 2 rings (SSSR count). The molecule has 0 aliphatic rings. The molecule has 0 radical (unpaired) electrons. The summed E-state index contributed by atoms with van der Waals surface area (Å²) in [4.78, 5) is 18.7. The number of benzene rings is 1. The zero-order valence-corrected chi connectivity index (χ0v) is 9.94. The summed E-state index contributed by atoms with van der Waals surface area (Å²) in [6.07, 6.45) is 2.12. The summed E-state index contributed by atoms with van der Waals surface area (Å²) in [6, 6.07) is 7.94. The molecule has 1 atom stereocenters. The maximum Gasteiger partial charge on any atom is 0.217 e. The molecule has 90 valence electrons. The lowest BCUT2D eigenvalue weighted by Crippen LogP contribution is -2.12. The van der Waals surface area contributed by atoms with Crippen molar-refractivity contribution in [1.29, 1.82) is 0 Å². The molecule has 2 aromatic rings. The number of aromatic nitrogens is 2. The molecule has 3 N–H and O–H groups in total. The van der Waals surface area contributed by atoms with Crippen LogP contribution in [0.1, 0.15) is 37.9 Å². The molecule has 0 aliphatic carbocycles. The van der Waals surface area contributed by atoms with Crippen LogP contribution in [0.5, 0.6) is 0 Å². The maximum atomic E-state index is 10.8. The predicted molar refractivity (Wildman–Crippen MR) is 67.6 cm³/mol. The second-order valence-electron chi connectivity index (χ2n) is 4.25. The Kier molecular flexibility index (Phi) is 3.42. The van der Waals surface area contributed by atoms with E-state index in [4.69, 9.17) is 5.73 Å². The van der Waals surface area contributed by atoms with Crippen LogP contribution in [0.3, 0.4) is 0 Å². The van der Waals surface area contributed by atoms with E-state index in [2.05, 4.69) is 16.9 Å². The highest BCUT2D eigenvalue weighted by Gasteiger charge is 2.14. The summed E-state index contributed by atoms with van der Waals surface area (Å²) in [7, 11) is 0. The van der Waals surface area contributed by atoms with Gasteiger partial charge >= 0.3 is 0 Å². The Morgan fingerprint density at radius 2 is 2.24 bits per heavy atom. The minimum atomic E-state index is -0.250. The summed E-state index contributed by atoms with van der Waals surface area (Å²) >= 11 is 0. The van der Waals surface area contributed by atoms with E-state index in [0.717, 1.165) is 29.7 Å². The van der Waals surface area contributed by atoms with Gasteiger partial charge in [0.25, 0.3) is 0 Å². The van der Waals surface area contributed by atoms with Crippen LogP contribution in [-0.4, -0.2) is 15.9 Å². The zero-order chi connectivity index (χ0) is 12.3. The first-order valence-electron chi connectivity index (χ1n) is 5.93. The van der Waals surface area contributed by atoms with Crippen LogP contribution in [0.2, 0.25) is 0 Å². The first kappa shape index (κ1) is 11.6. The lowest BCUT2D eigenvalue weighted by Gasteiger charge is -2.10. The van der Waals surface area contributed by atoms with E-state index in [1.807, 2.05) is 24.3 Å². The average molecular weight is 231 g/mol. The third-order valence-corrected chi connectivity index (χ3v) is 3.03. The second kappa shape index (κ2) is 4.99. The molecule has 0 saturated heterocycles. The van der Waals surface area contributed by atoms with Crippen molar-refractivity contribution in [2.24, 2.45) is 5.73 Å². The Morgan fingerprint density at radius 3 is 2.88 bits per heavy atom. The number of nitrogens with one attached hydrogen (secondary N) is 1. The number of primary amides is 1. The van der Waals surface area contributed by atoms with Crippen LogP contribution < -0.4 is 5.73 Å². The number of hydrogen-bond acceptors (Lipinski definition) is 2. The largest absolute Gasteiger partial charge is 0.370 e. The Labute approximate surface area is 100 Å². The van der Waals surface area contributed by atoms with Gasteiger partial charge in [0.2, 0.25) is 5.91 Å². The normalized spacial score (nSPS) is 12.8. The number of carbonyl (C=O) groups is 1. The van der Waals surface area contributed by atoms with Crippen molar-refractivity contribution in [2.75, 3.05) is 0 Å². The quantitative estimate of drug-likeness (QED) is 0.828. The Bertz CT molecular complexity index is 485. The van der Waals surface area contributed by atoms with Crippen LogP contribution in [0.4, 0.5) is 0 Å². The number of aromatic amines is 1. The molecule has 1 heterocycles. The molecule has 1 aromatic carbocycles. The third-order valence-electron chi connectivity index (χ3n) is 3.03. The van der Waals surface area contributed by atoms with Gasteiger partial charge in [-0.1, -0.05) is 19.1 Å². The van der Waals surface area contributed by atoms with Gasteiger partial charge in [-0.05, 0) is 25.0 Å². The predicted octanol–water partition coefficient (Wildman–Crippen LogP) is 2.32. The van der Waals surface area contributed by atoms with Crippen LogP contribution >= 0.6 is 0 Å². The Hall–Kier alpha value is -1.84. The highest BCUT2D eigenvalue weighted by Crippen LogP contribution is 2.24. The zero-order valence-electron chi connectivity index (χ0n) is 9.94. The number of fused-ring (bicyclic) bond motifs is 1. The van der Waals surface area contributed by atoms with E-state index >= 15 is 0 Å².